The molecule has 1 fully saturated rings. The highest BCUT2D eigenvalue weighted by molar-refractivity contribution is 5.85. The minimum Gasteiger partial charge on any atom is -0.481 e. The summed E-state index contributed by atoms with van der Waals surface area (Å²) in [5.74, 6) is -2.32. The quantitative estimate of drug-likeness (QED) is 0.711. The van der Waals surface area contributed by atoms with Gasteiger partial charge < -0.3 is 10.4 Å². The molecular weight excluding hydrogens is 287 g/mol. The van der Waals surface area contributed by atoms with Crippen LogP contribution in [0, 0.1) is 17.8 Å². The minimum absolute atomic E-state index is 0.0333. The smallest absolute Gasteiger partial charge is 0.389 e. The summed E-state index contributed by atoms with van der Waals surface area (Å²) < 4.78 is 35.9. The van der Waals surface area contributed by atoms with Gasteiger partial charge in [-0.2, -0.15) is 13.2 Å². The van der Waals surface area contributed by atoms with Crippen molar-refractivity contribution < 1.29 is 27.9 Å². The first kappa shape index (κ1) is 17.8. The van der Waals surface area contributed by atoms with E-state index in [0.717, 1.165) is 6.42 Å². The molecule has 0 radical (unpaired) electrons. The summed E-state index contributed by atoms with van der Waals surface area (Å²) in [5, 5.41) is 11.7. The van der Waals surface area contributed by atoms with E-state index in [1.54, 1.807) is 0 Å². The van der Waals surface area contributed by atoms with Gasteiger partial charge in [0.1, 0.15) is 0 Å². The molecule has 1 unspecified atom stereocenters. The number of amides is 1. The molecule has 1 rings (SSSR count). The molecule has 0 aromatic rings. The second-order valence-electron chi connectivity index (χ2n) is 5.66. The van der Waals surface area contributed by atoms with Gasteiger partial charge >= 0.3 is 12.1 Å². The summed E-state index contributed by atoms with van der Waals surface area (Å²) in [6, 6.07) is 0. The van der Waals surface area contributed by atoms with E-state index >= 15 is 0 Å². The monoisotopic (exact) mass is 309 g/mol. The molecule has 21 heavy (non-hydrogen) atoms. The second-order valence-corrected chi connectivity index (χ2v) is 5.66. The van der Waals surface area contributed by atoms with Gasteiger partial charge in [0.2, 0.25) is 5.91 Å². The van der Waals surface area contributed by atoms with E-state index in [1.165, 1.54) is 0 Å². The first-order valence-electron chi connectivity index (χ1n) is 7.31. The average molecular weight is 309 g/mol. The lowest BCUT2D eigenvalue weighted by atomic mass is 9.95. The molecular formula is C14H22F3NO3. The predicted octanol–water partition coefficient (Wildman–Crippen LogP) is 2.97. The van der Waals surface area contributed by atoms with Crippen molar-refractivity contribution in [1.82, 2.24) is 5.32 Å². The summed E-state index contributed by atoms with van der Waals surface area (Å²) in [6.45, 7) is 2.12. The molecule has 0 bridgehead atoms. The Morgan fingerprint density at radius 1 is 1.19 bits per heavy atom. The molecule has 2 N–H and O–H groups in total. The SMILES string of the molecule is CCC1C[C@H](C(=O)NCCCCC(F)(F)F)[C@H](C(=O)O)C1. The lowest BCUT2D eigenvalue weighted by Crippen LogP contribution is -2.35. The van der Waals surface area contributed by atoms with Crippen molar-refractivity contribution in [3.05, 3.63) is 0 Å². The molecule has 7 heteroatoms. The first-order chi connectivity index (χ1) is 9.74. The molecule has 1 saturated carbocycles. The molecule has 122 valence electrons. The van der Waals surface area contributed by atoms with Crippen molar-refractivity contribution in [1.29, 1.82) is 0 Å². The van der Waals surface area contributed by atoms with Crippen molar-refractivity contribution in [2.24, 2.45) is 17.8 Å². The number of unbranched alkanes of at least 4 members (excludes halogenated alkanes) is 1. The number of hydrogen-bond donors (Lipinski definition) is 2. The van der Waals surface area contributed by atoms with Crippen LogP contribution in [0.1, 0.15) is 45.4 Å². The molecule has 1 amide bonds. The summed E-state index contributed by atoms with van der Waals surface area (Å²) in [7, 11) is 0. The van der Waals surface area contributed by atoms with Gasteiger partial charge in [-0.1, -0.05) is 13.3 Å². The van der Waals surface area contributed by atoms with Gasteiger partial charge in [0, 0.05) is 13.0 Å². The van der Waals surface area contributed by atoms with Crippen LogP contribution >= 0.6 is 0 Å². The van der Waals surface area contributed by atoms with Crippen LogP contribution in [0.5, 0.6) is 0 Å². The fourth-order valence-electron chi connectivity index (χ4n) is 2.83. The van der Waals surface area contributed by atoms with Gasteiger partial charge in [-0.25, -0.2) is 0 Å². The number of hydrogen-bond acceptors (Lipinski definition) is 2. The van der Waals surface area contributed by atoms with Gasteiger partial charge in [0.05, 0.1) is 11.8 Å². The van der Waals surface area contributed by atoms with Crippen LogP contribution in [-0.4, -0.2) is 29.7 Å². The highest BCUT2D eigenvalue weighted by Gasteiger charge is 2.41. The van der Waals surface area contributed by atoms with Gasteiger partial charge in [-0.05, 0) is 31.6 Å². The van der Waals surface area contributed by atoms with Gasteiger partial charge in [0.25, 0.3) is 0 Å². The normalized spacial score (nSPS) is 25.8. The van der Waals surface area contributed by atoms with Crippen molar-refractivity contribution in [3.63, 3.8) is 0 Å². The Morgan fingerprint density at radius 3 is 2.33 bits per heavy atom. The van der Waals surface area contributed by atoms with Crippen molar-refractivity contribution in [3.8, 4) is 0 Å². The van der Waals surface area contributed by atoms with Crippen LogP contribution in [0.25, 0.3) is 0 Å². The molecule has 1 aliphatic carbocycles. The van der Waals surface area contributed by atoms with E-state index in [4.69, 9.17) is 5.11 Å². The molecule has 3 atom stereocenters. The third-order valence-corrected chi connectivity index (χ3v) is 4.08. The van der Waals surface area contributed by atoms with Crippen molar-refractivity contribution in [2.75, 3.05) is 6.54 Å². The number of carboxylic acid groups (broad SMARTS) is 1. The van der Waals surface area contributed by atoms with Crippen molar-refractivity contribution >= 4 is 11.9 Å². The molecule has 0 aromatic heterocycles. The molecule has 0 aromatic carbocycles. The Kier molecular flexibility index (Phi) is 6.48. The molecule has 4 nitrogen and oxygen atoms in total. The van der Waals surface area contributed by atoms with E-state index in [2.05, 4.69) is 5.32 Å². The topological polar surface area (TPSA) is 66.4 Å². The van der Waals surface area contributed by atoms with E-state index in [-0.39, 0.29) is 31.2 Å². The highest BCUT2D eigenvalue weighted by Crippen LogP contribution is 2.38. The summed E-state index contributed by atoms with van der Waals surface area (Å²) in [6.07, 6.45) is -2.94. The Hall–Kier alpha value is -1.27. The van der Waals surface area contributed by atoms with Crippen LogP contribution in [0.2, 0.25) is 0 Å². The number of carboxylic acids is 1. The third kappa shape index (κ3) is 5.93. The Bertz CT molecular complexity index is 371. The summed E-state index contributed by atoms with van der Waals surface area (Å²) >= 11 is 0. The molecule has 0 aliphatic heterocycles. The zero-order valence-corrected chi connectivity index (χ0v) is 12.1. The van der Waals surface area contributed by atoms with Gasteiger partial charge in [-0.15, -0.1) is 0 Å². The third-order valence-electron chi connectivity index (χ3n) is 4.08. The molecule has 1 aliphatic rings. The van der Waals surface area contributed by atoms with Crippen LogP contribution in [0.3, 0.4) is 0 Å². The van der Waals surface area contributed by atoms with E-state index in [1.807, 2.05) is 6.92 Å². The lowest BCUT2D eigenvalue weighted by molar-refractivity contribution is -0.146. The van der Waals surface area contributed by atoms with Gasteiger partial charge in [0.15, 0.2) is 0 Å². The molecule has 0 saturated heterocycles. The minimum atomic E-state index is -4.17. The van der Waals surface area contributed by atoms with Crippen LogP contribution < -0.4 is 5.32 Å². The van der Waals surface area contributed by atoms with E-state index < -0.39 is 30.4 Å². The lowest BCUT2D eigenvalue weighted by Gasteiger charge is -2.15. The summed E-state index contributed by atoms with van der Waals surface area (Å²) in [4.78, 5) is 23.1. The number of carbonyl (C=O) groups is 2. The van der Waals surface area contributed by atoms with Crippen molar-refractivity contribution in [2.45, 2.75) is 51.6 Å². The molecule has 0 heterocycles. The maximum absolute atomic E-state index is 12.0. The highest BCUT2D eigenvalue weighted by atomic mass is 19.4. The Balaban J connectivity index is 2.35. The fourth-order valence-corrected chi connectivity index (χ4v) is 2.83. The fraction of sp³-hybridized carbons (Fsp3) is 0.857. The van der Waals surface area contributed by atoms with Gasteiger partial charge in [-0.3, -0.25) is 9.59 Å². The van der Waals surface area contributed by atoms with Crippen LogP contribution in [0.4, 0.5) is 13.2 Å². The maximum Gasteiger partial charge on any atom is 0.389 e. The largest absolute Gasteiger partial charge is 0.481 e. The number of nitrogens with one attached hydrogen (secondary N) is 1. The second kappa shape index (κ2) is 7.66. The van der Waals surface area contributed by atoms with Crippen LogP contribution in [-0.2, 0) is 9.59 Å². The van der Waals surface area contributed by atoms with Crippen LogP contribution in [0.15, 0.2) is 0 Å². The van der Waals surface area contributed by atoms with E-state index in [0.29, 0.717) is 12.8 Å². The number of rotatable bonds is 7. The number of alkyl halides is 3. The zero-order chi connectivity index (χ0) is 16.0. The Morgan fingerprint density at radius 2 is 1.81 bits per heavy atom. The number of halogens is 3. The molecule has 0 spiro atoms. The maximum atomic E-state index is 12.0. The first-order valence-corrected chi connectivity index (χ1v) is 7.31. The number of aliphatic carboxylic acids is 1. The standard InChI is InChI=1S/C14H22F3NO3/c1-2-9-7-10(11(8-9)13(20)21)12(19)18-6-4-3-5-14(15,16)17/h9-11H,2-8H2,1H3,(H,18,19)(H,20,21)/t9?,10-,11+/m0/s1. The number of carbonyl (C=O) groups excluding carboxylic acids is 1. The predicted molar refractivity (Wildman–Crippen MR) is 70.5 cm³/mol. The van der Waals surface area contributed by atoms with E-state index in [9.17, 15) is 22.8 Å². The summed E-state index contributed by atoms with van der Waals surface area (Å²) in [5.41, 5.74) is 0. The average Bonchev–Trinajstić information content (AvgIpc) is 2.81. The zero-order valence-electron chi connectivity index (χ0n) is 12.1. The Labute approximate surface area is 122 Å².